The number of rotatable bonds is 1. The van der Waals surface area contributed by atoms with E-state index in [1.165, 1.54) is 29.0 Å². The standard InChI is InChI=1S/C9H6F2N2S/c10-6-3-1-2-5(7(6)11)8-9(12)13-4-14-8/h1-4H,12H2. The minimum Gasteiger partial charge on any atom is -0.382 e. The van der Waals surface area contributed by atoms with Gasteiger partial charge in [0.25, 0.3) is 0 Å². The third-order valence-corrected chi connectivity index (χ3v) is 2.67. The summed E-state index contributed by atoms with van der Waals surface area (Å²) in [4.78, 5) is 4.23. The van der Waals surface area contributed by atoms with E-state index in [0.717, 1.165) is 6.07 Å². The van der Waals surface area contributed by atoms with Crippen LogP contribution in [0.1, 0.15) is 0 Å². The Morgan fingerprint density at radius 2 is 2.07 bits per heavy atom. The number of hydrogen-bond acceptors (Lipinski definition) is 3. The van der Waals surface area contributed by atoms with Crippen LogP contribution in [0.25, 0.3) is 10.4 Å². The van der Waals surface area contributed by atoms with Gasteiger partial charge in [-0.15, -0.1) is 11.3 Å². The Balaban J connectivity index is 2.63. The van der Waals surface area contributed by atoms with Crippen LogP contribution in [0.3, 0.4) is 0 Å². The maximum atomic E-state index is 13.3. The highest BCUT2D eigenvalue weighted by molar-refractivity contribution is 7.13. The van der Waals surface area contributed by atoms with Crippen LogP contribution in [0.4, 0.5) is 14.6 Å². The molecule has 0 fully saturated rings. The van der Waals surface area contributed by atoms with E-state index in [9.17, 15) is 8.78 Å². The number of nitrogens with two attached hydrogens (primary N) is 1. The number of nitrogens with zero attached hydrogens (tertiary/aromatic N) is 1. The summed E-state index contributed by atoms with van der Waals surface area (Å²) in [6, 6.07) is 3.98. The summed E-state index contributed by atoms with van der Waals surface area (Å²) >= 11 is 1.18. The van der Waals surface area contributed by atoms with Crippen molar-refractivity contribution in [3.63, 3.8) is 0 Å². The average Bonchev–Trinajstić information content (AvgIpc) is 2.57. The van der Waals surface area contributed by atoms with Gasteiger partial charge in [-0.2, -0.15) is 0 Å². The molecule has 0 amide bonds. The van der Waals surface area contributed by atoms with Gasteiger partial charge in [0, 0.05) is 5.56 Å². The molecule has 72 valence electrons. The highest BCUT2D eigenvalue weighted by Crippen LogP contribution is 2.31. The molecular weight excluding hydrogens is 206 g/mol. The van der Waals surface area contributed by atoms with Gasteiger partial charge in [-0.25, -0.2) is 13.8 Å². The molecule has 0 bridgehead atoms. The van der Waals surface area contributed by atoms with Crippen molar-refractivity contribution in [1.29, 1.82) is 0 Å². The Hall–Kier alpha value is -1.49. The minimum atomic E-state index is -0.886. The van der Waals surface area contributed by atoms with Crippen LogP contribution in [0.2, 0.25) is 0 Å². The van der Waals surface area contributed by atoms with Gasteiger partial charge in [0.05, 0.1) is 10.4 Å². The highest BCUT2D eigenvalue weighted by atomic mass is 32.1. The molecule has 1 aromatic heterocycles. The molecule has 0 aliphatic rings. The Morgan fingerprint density at radius 3 is 2.71 bits per heavy atom. The zero-order chi connectivity index (χ0) is 10.1. The second-order valence-electron chi connectivity index (χ2n) is 2.67. The third-order valence-electron chi connectivity index (χ3n) is 1.79. The number of thiazole rings is 1. The van der Waals surface area contributed by atoms with Gasteiger partial charge in [0.2, 0.25) is 0 Å². The van der Waals surface area contributed by atoms with E-state index in [0.29, 0.717) is 4.88 Å². The van der Waals surface area contributed by atoms with Crippen molar-refractivity contribution in [3.8, 4) is 10.4 Å². The normalized spacial score (nSPS) is 10.4. The Labute approximate surface area is 83.0 Å². The molecule has 0 aliphatic heterocycles. The zero-order valence-corrected chi connectivity index (χ0v) is 7.81. The highest BCUT2D eigenvalue weighted by Gasteiger charge is 2.13. The van der Waals surface area contributed by atoms with Crippen LogP contribution >= 0.6 is 11.3 Å². The van der Waals surface area contributed by atoms with Crippen LogP contribution in [0.15, 0.2) is 23.7 Å². The largest absolute Gasteiger partial charge is 0.382 e. The van der Waals surface area contributed by atoms with Crippen molar-refractivity contribution in [2.24, 2.45) is 0 Å². The van der Waals surface area contributed by atoms with Crippen LogP contribution in [0.5, 0.6) is 0 Å². The summed E-state index contributed by atoms with van der Waals surface area (Å²) in [6.07, 6.45) is 0. The van der Waals surface area contributed by atoms with Crippen LogP contribution in [-0.4, -0.2) is 4.98 Å². The molecule has 2 nitrogen and oxygen atoms in total. The molecule has 0 saturated heterocycles. The van der Waals surface area contributed by atoms with Crippen LogP contribution < -0.4 is 5.73 Å². The Morgan fingerprint density at radius 1 is 1.29 bits per heavy atom. The molecule has 2 aromatic rings. The summed E-state index contributed by atoms with van der Waals surface area (Å²) in [5.74, 6) is -1.54. The monoisotopic (exact) mass is 212 g/mol. The van der Waals surface area contributed by atoms with E-state index in [4.69, 9.17) is 5.73 Å². The lowest BCUT2D eigenvalue weighted by Crippen LogP contribution is -1.91. The van der Waals surface area contributed by atoms with Crippen molar-refractivity contribution in [1.82, 2.24) is 4.98 Å². The molecule has 2 N–H and O–H groups in total. The molecule has 0 saturated carbocycles. The molecule has 5 heteroatoms. The van der Waals surface area contributed by atoms with E-state index in [1.807, 2.05) is 0 Å². The first-order valence-electron chi connectivity index (χ1n) is 3.83. The third kappa shape index (κ3) is 1.35. The van der Waals surface area contributed by atoms with Gasteiger partial charge in [-0.05, 0) is 6.07 Å². The Bertz CT molecular complexity index is 468. The van der Waals surface area contributed by atoms with Gasteiger partial charge in [0.15, 0.2) is 11.6 Å². The molecule has 14 heavy (non-hydrogen) atoms. The smallest absolute Gasteiger partial charge is 0.167 e. The maximum absolute atomic E-state index is 13.3. The lowest BCUT2D eigenvalue weighted by atomic mass is 10.2. The molecular formula is C9H6F2N2S. The van der Waals surface area contributed by atoms with Crippen molar-refractivity contribution in [3.05, 3.63) is 35.3 Å². The number of hydrogen-bond donors (Lipinski definition) is 1. The fourth-order valence-electron chi connectivity index (χ4n) is 1.14. The number of halogens is 2. The molecule has 1 aromatic carbocycles. The van der Waals surface area contributed by atoms with Crippen molar-refractivity contribution in [2.75, 3.05) is 5.73 Å². The molecule has 1 heterocycles. The number of aromatic nitrogens is 1. The van der Waals surface area contributed by atoms with Crippen molar-refractivity contribution in [2.45, 2.75) is 0 Å². The molecule has 0 atom stereocenters. The zero-order valence-electron chi connectivity index (χ0n) is 7.00. The maximum Gasteiger partial charge on any atom is 0.167 e. The van der Waals surface area contributed by atoms with Gasteiger partial charge < -0.3 is 5.73 Å². The quantitative estimate of drug-likeness (QED) is 0.789. The summed E-state index contributed by atoms with van der Waals surface area (Å²) in [5.41, 5.74) is 7.15. The lowest BCUT2D eigenvalue weighted by molar-refractivity contribution is 0.511. The van der Waals surface area contributed by atoms with E-state index in [1.54, 1.807) is 0 Å². The van der Waals surface area contributed by atoms with E-state index in [-0.39, 0.29) is 11.4 Å². The van der Waals surface area contributed by atoms with Gasteiger partial charge in [-0.1, -0.05) is 12.1 Å². The van der Waals surface area contributed by atoms with Crippen molar-refractivity contribution >= 4 is 17.2 Å². The topological polar surface area (TPSA) is 38.9 Å². The van der Waals surface area contributed by atoms with Gasteiger partial charge in [0.1, 0.15) is 5.82 Å². The summed E-state index contributed by atoms with van der Waals surface area (Å²) in [5, 5.41) is 0. The molecule has 0 unspecified atom stereocenters. The second kappa shape index (κ2) is 3.34. The fourth-order valence-corrected chi connectivity index (χ4v) is 1.87. The minimum absolute atomic E-state index is 0.157. The molecule has 0 radical (unpaired) electrons. The molecule has 0 spiro atoms. The fraction of sp³-hybridized carbons (Fsp3) is 0. The predicted molar refractivity (Wildman–Crippen MR) is 51.9 cm³/mol. The summed E-state index contributed by atoms with van der Waals surface area (Å²) in [7, 11) is 0. The number of nitrogen functional groups attached to an aromatic ring is 1. The second-order valence-corrected chi connectivity index (χ2v) is 3.52. The molecule has 2 rings (SSSR count). The summed E-state index contributed by atoms with van der Waals surface area (Å²) < 4.78 is 26.2. The van der Waals surface area contributed by atoms with E-state index in [2.05, 4.69) is 4.98 Å². The summed E-state index contributed by atoms with van der Waals surface area (Å²) in [6.45, 7) is 0. The predicted octanol–water partition coefficient (Wildman–Crippen LogP) is 2.67. The first-order valence-corrected chi connectivity index (χ1v) is 4.71. The molecule has 0 aliphatic carbocycles. The van der Waals surface area contributed by atoms with E-state index >= 15 is 0 Å². The van der Waals surface area contributed by atoms with Gasteiger partial charge in [-0.3, -0.25) is 0 Å². The van der Waals surface area contributed by atoms with Gasteiger partial charge >= 0.3 is 0 Å². The lowest BCUT2D eigenvalue weighted by Gasteiger charge is -2.00. The Kier molecular flexibility index (Phi) is 2.17. The van der Waals surface area contributed by atoms with Crippen molar-refractivity contribution < 1.29 is 8.78 Å². The number of benzene rings is 1. The average molecular weight is 212 g/mol. The van der Waals surface area contributed by atoms with Crippen LogP contribution in [0, 0.1) is 11.6 Å². The van der Waals surface area contributed by atoms with E-state index < -0.39 is 11.6 Å². The first-order chi connectivity index (χ1) is 6.70. The number of anilines is 1. The SMILES string of the molecule is Nc1ncsc1-c1cccc(F)c1F. The first kappa shape index (κ1) is 9.08. The van der Waals surface area contributed by atoms with Crippen LogP contribution in [-0.2, 0) is 0 Å².